The van der Waals surface area contributed by atoms with Crippen LogP contribution in [0.2, 0.25) is 0 Å². The fourth-order valence-electron chi connectivity index (χ4n) is 3.94. The first-order valence-corrected chi connectivity index (χ1v) is 9.72. The van der Waals surface area contributed by atoms with Crippen LogP contribution in [0.25, 0.3) is 11.0 Å². The van der Waals surface area contributed by atoms with Crippen LogP contribution in [0.3, 0.4) is 0 Å². The zero-order valence-corrected chi connectivity index (χ0v) is 15.9. The van der Waals surface area contributed by atoms with Crippen molar-refractivity contribution in [1.29, 1.82) is 0 Å². The smallest absolute Gasteiger partial charge is 0.323 e. The van der Waals surface area contributed by atoms with E-state index in [4.69, 9.17) is 4.63 Å². The molecule has 0 spiro atoms. The Balaban J connectivity index is 1.93. The molecule has 1 aliphatic rings. The molecule has 2 aromatic carbocycles. The minimum atomic E-state index is -0.366. The lowest BCUT2D eigenvalue weighted by Crippen LogP contribution is -2.25. The molecule has 146 valence electrons. The van der Waals surface area contributed by atoms with Gasteiger partial charge in [-0.2, -0.15) is 0 Å². The maximum Gasteiger partial charge on any atom is 0.323 e. The first kappa shape index (κ1) is 18.2. The maximum absolute atomic E-state index is 11.9. The summed E-state index contributed by atoms with van der Waals surface area (Å²) in [5, 5.41) is 19.9. The van der Waals surface area contributed by atoms with Gasteiger partial charge in [-0.05, 0) is 48.3 Å². The number of anilines is 3. The molecule has 0 atom stereocenters. The summed E-state index contributed by atoms with van der Waals surface area (Å²) in [6, 6.07) is 11.8. The van der Waals surface area contributed by atoms with Gasteiger partial charge in [-0.3, -0.25) is 10.1 Å². The molecule has 28 heavy (non-hydrogen) atoms. The molecule has 2 heterocycles. The minimum absolute atomic E-state index is 0.0222. The Labute approximate surface area is 162 Å². The van der Waals surface area contributed by atoms with Crippen LogP contribution in [0, 0.1) is 10.1 Å². The third kappa shape index (κ3) is 3.26. The molecule has 0 bridgehead atoms. The van der Waals surface area contributed by atoms with Crippen molar-refractivity contribution >= 4 is 33.8 Å². The van der Waals surface area contributed by atoms with Crippen LogP contribution < -0.4 is 9.80 Å². The zero-order valence-electron chi connectivity index (χ0n) is 15.9. The molecule has 1 aliphatic heterocycles. The Bertz CT molecular complexity index is 965. The normalized spacial score (nSPS) is 14.8. The van der Waals surface area contributed by atoms with Gasteiger partial charge in [0.2, 0.25) is 5.52 Å². The number of nitro groups is 1. The third-order valence-electron chi connectivity index (χ3n) is 5.28. The summed E-state index contributed by atoms with van der Waals surface area (Å²) < 4.78 is 4.94. The summed E-state index contributed by atoms with van der Waals surface area (Å²) in [4.78, 5) is 15.8. The Kier molecular flexibility index (Phi) is 5.10. The van der Waals surface area contributed by atoms with Crippen molar-refractivity contribution in [2.45, 2.75) is 32.6 Å². The van der Waals surface area contributed by atoms with Crippen molar-refractivity contribution in [2.24, 2.45) is 0 Å². The molecule has 4 rings (SSSR count). The molecule has 0 radical (unpaired) electrons. The molecule has 3 aromatic rings. The van der Waals surface area contributed by atoms with Crippen molar-refractivity contribution in [3.8, 4) is 0 Å². The topological polar surface area (TPSA) is 88.5 Å². The minimum Gasteiger partial charge on any atom is -0.366 e. The lowest BCUT2D eigenvalue weighted by molar-refractivity contribution is -0.382. The fraction of sp³-hybridized carbons (Fsp3) is 0.400. The highest BCUT2D eigenvalue weighted by molar-refractivity contribution is 6.01. The number of hydrogen-bond donors (Lipinski definition) is 0. The average molecular weight is 381 g/mol. The first-order chi connectivity index (χ1) is 13.7. The Morgan fingerprint density at radius 3 is 2.43 bits per heavy atom. The van der Waals surface area contributed by atoms with Crippen LogP contribution in [0.15, 0.2) is 41.0 Å². The van der Waals surface area contributed by atoms with E-state index in [-0.39, 0.29) is 16.1 Å². The molecule has 0 aliphatic carbocycles. The van der Waals surface area contributed by atoms with E-state index in [2.05, 4.69) is 20.1 Å². The second kappa shape index (κ2) is 7.84. The summed E-state index contributed by atoms with van der Waals surface area (Å²) >= 11 is 0. The fourth-order valence-corrected chi connectivity index (χ4v) is 3.94. The molecule has 0 amide bonds. The zero-order chi connectivity index (χ0) is 19.5. The summed E-state index contributed by atoms with van der Waals surface area (Å²) in [6.45, 7) is 4.33. The molecule has 0 N–H and O–H groups in total. The van der Waals surface area contributed by atoms with E-state index in [1.54, 1.807) is 0 Å². The van der Waals surface area contributed by atoms with Crippen molar-refractivity contribution in [2.75, 3.05) is 29.4 Å². The summed E-state index contributed by atoms with van der Waals surface area (Å²) in [7, 11) is 0. The number of benzene rings is 2. The highest BCUT2D eigenvalue weighted by atomic mass is 16.6. The van der Waals surface area contributed by atoms with E-state index < -0.39 is 0 Å². The Hall–Kier alpha value is -3.16. The number of fused-ring (bicyclic) bond motifs is 1. The molecule has 0 saturated carbocycles. The lowest BCUT2D eigenvalue weighted by atomic mass is 10.1. The van der Waals surface area contributed by atoms with Crippen LogP contribution in [0.4, 0.5) is 22.7 Å². The molecule has 8 nitrogen and oxygen atoms in total. The largest absolute Gasteiger partial charge is 0.366 e. The quantitative estimate of drug-likeness (QED) is 0.469. The van der Waals surface area contributed by atoms with Crippen LogP contribution in [0.1, 0.15) is 32.6 Å². The number of nitro benzene ring substituents is 1. The van der Waals surface area contributed by atoms with Gasteiger partial charge in [-0.25, -0.2) is 4.63 Å². The molecular weight excluding hydrogens is 358 g/mol. The number of para-hydroxylation sites is 1. The van der Waals surface area contributed by atoms with Crippen LogP contribution in [-0.4, -0.2) is 34.9 Å². The number of hydrogen-bond acceptors (Lipinski definition) is 7. The molecule has 1 aromatic heterocycles. The van der Waals surface area contributed by atoms with Gasteiger partial charge in [0.05, 0.1) is 10.6 Å². The lowest BCUT2D eigenvalue weighted by Gasteiger charge is -2.27. The maximum atomic E-state index is 11.9. The van der Waals surface area contributed by atoms with Crippen LogP contribution in [-0.2, 0) is 0 Å². The molecule has 1 fully saturated rings. The predicted octanol–water partition coefficient (Wildman–Crippen LogP) is 4.67. The summed E-state index contributed by atoms with van der Waals surface area (Å²) in [5.74, 6) is 0. The van der Waals surface area contributed by atoms with Crippen LogP contribution >= 0.6 is 0 Å². The number of aromatic nitrogens is 2. The van der Waals surface area contributed by atoms with Gasteiger partial charge in [0, 0.05) is 25.3 Å². The summed E-state index contributed by atoms with van der Waals surface area (Å²) in [5.41, 5.74) is 2.96. The monoisotopic (exact) mass is 381 g/mol. The van der Waals surface area contributed by atoms with Gasteiger partial charge in [0.25, 0.3) is 0 Å². The van der Waals surface area contributed by atoms with Crippen molar-refractivity contribution in [3.63, 3.8) is 0 Å². The predicted molar refractivity (Wildman–Crippen MR) is 108 cm³/mol. The molecule has 8 heteroatoms. The van der Waals surface area contributed by atoms with Crippen molar-refractivity contribution in [3.05, 3.63) is 46.5 Å². The van der Waals surface area contributed by atoms with Gasteiger partial charge in [-0.1, -0.05) is 31.0 Å². The Morgan fingerprint density at radius 1 is 1.11 bits per heavy atom. The first-order valence-electron chi connectivity index (χ1n) is 9.72. The van der Waals surface area contributed by atoms with E-state index in [1.165, 1.54) is 0 Å². The van der Waals surface area contributed by atoms with Crippen LogP contribution in [0.5, 0.6) is 0 Å². The van der Waals surface area contributed by atoms with Gasteiger partial charge in [-0.15, -0.1) is 0 Å². The van der Waals surface area contributed by atoms with E-state index in [0.29, 0.717) is 17.7 Å². The number of nitrogens with zero attached hydrogens (tertiary/aromatic N) is 5. The molecular formula is C20H23N5O3. The van der Waals surface area contributed by atoms with Gasteiger partial charge in [0.1, 0.15) is 5.69 Å². The molecule has 1 saturated heterocycles. The third-order valence-corrected chi connectivity index (χ3v) is 5.28. The van der Waals surface area contributed by atoms with Gasteiger partial charge >= 0.3 is 5.69 Å². The molecule has 0 unspecified atom stereocenters. The SMILES string of the molecule is CCN(c1ccccc1)c1cc(N2CCCCCC2)c([N+](=O)[O-])c2nonc12. The van der Waals surface area contributed by atoms with E-state index in [0.717, 1.165) is 50.1 Å². The highest BCUT2D eigenvalue weighted by Crippen LogP contribution is 2.42. The van der Waals surface area contributed by atoms with E-state index in [1.807, 2.05) is 43.3 Å². The second-order valence-electron chi connectivity index (χ2n) is 6.96. The summed E-state index contributed by atoms with van der Waals surface area (Å²) in [6.07, 6.45) is 4.35. The average Bonchev–Trinajstić information content (AvgIpc) is 3.03. The van der Waals surface area contributed by atoms with E-state index >= 15 is 0 Å². The number of rotatable bonds is 5. The van der Waals surface area contributed by atoms with Crippen molar-refractivity contribution < 1.29 is 9.55 Å². The standard InChI is InChI=1S/C20H23N5O3/c1-2-24(15-10-6-5-7-11-15)16-14-17(23-12-8-3-4-9-13-23)20(25(26)27)19-18(16)21-28-22-19/h5-7,10-11,14H,2-4,8-9,12-13H2,1H3. The highest BCUT2D eigenvalue weighted by Gasteiger charge is 2.30. The van der Waals surface area contributed by atoms with Gasteiger partial charge in [0.15, 0.2) is 5.52 Å². The second-order valence-corrected chi connectivity index (χ2v) is 6.96. The van der Waals surface area contributed by atoms with E-state index in [9.17, 15) is 10.1 Å². The Morgan fingerprint density at radius 2 is 1.79 bits per heavy atom. The van der Waals surface area contributed by atoms with Crippen molar-refractivity contribution in [1.82, 2.24) is 10.3 Å². The van der Waals surface area contributed by atoms with Gasteiger partial charge < -0.3 is 9.80 Å².